The van der Waals surface area contributed by atoms with Crippen molar-refractivity contribution in [1.29, 1.82) is 0 Å². The molecule has 0 heterocycles. The van der Waals surface area contributed by atoms with Crippen LogP contribution in [0.25, 0.3) is 33.0 Å². The quantitative estimate of drug-likeness (QED) is 0.124. The highest BCUT2D eigenvalue weighted by Crippen LogP contribution is 2.40. The molecule has 0 bridgehead atoms. The third kappa shape index (κ3) is 7.11. The fourth-order valence-electron chi connectivity index (χ4n) is 7.37. The highest BCUT2D eigenvalue weighted by atomic mass is 15.1. The molecule has 0 aromatic heterocycles. The van der Waals surface area contributed by atoms with Crippen molar-refractivity contribution in [3.8, 4) is 22.3 Å². The van der Waals surface area contributed by atoms with Crippen LogP contribution in [0.1, 0.15) is 17.9 Å². The molecule has 0 saturated heterocycles. The van der Waals surface area contributed by atoms with Crippen LogP contribution in [0.5, 0.6) is 0 Å². The lowest BCUT2D eigenvalue weighted by atomic mass is 9.92. The highest BCUT2D eigenvalue weighted by molar-refractivity contribution is 5.97. The summed E-state index contributed by atoms with van der Waals surface area (Å²) in [4.78, 5) is 4.59. The zero-order valence-corrected chi connectivity index (χ0v) is 30.3. The van der Waals surface area contributed by atoms with Crippen molar-refractivity contribution in [2.75, 3.05) is 9.80 Å². The Balaban J connectivity index is 1.12. The Labute approximate surface area is 319 Å². The lowest BCUT2D eigenvalue weighted by Gasteiger charge is -2.28. The minimum Gasteiger partial charge on any atom is -0.311 e. The largest absolute Gasteiger partial charge is 0.311 e. The normalized spacial score (nSPS) is 13.8. The summed E-state index contributed by atoms with van der Waals surface area (Å²) >= 11 is 0. The molecule has 0 saturated carbocycles. The maximum absolute atomic E-state index is 4.14. The van der Waals surface area contributed by atoms with Gasteiger partial charge in [0.15, 0.2) is 0 Å². The number of benzene rings is 7. The molecule has 1 atom stereocenters. The fourth-order valence-corrected chi connectivity index (χ4v) is 7.37. The van der Waals surface area contributed by atoms with Crippen LogP contribution < -0.4 is 9.80 Å². The Hall–Kier alpha value is -6.90. The van der Waals surface area contributed by atoms with Gasteiger partial charge in [0, 0.05) is 39.8 Å². The van der Waals surface area contributed by atoms with Gasteiger partial charge in [0.05, 0.1) is 5.69 Å². The number of fused-ring (bicyclic) bond motifs is 1. The lowest BCUT2D eigenvalue weighted by molar-refractivity contribution is 0.854. The van der Waals surface area contributed by atoms with Crippen LogP contribution in [0.2, 0.25) is 0 Å². The predicted molar refractivity (Wildman–Crippen MR) is 232 cm³/mol. The number of rotatable bonds is 11. The van der Waals surface area contributed by atoms with Gasteiger partial charge in [0.25, 0.3) is 0 Å². The maximum atomic E-state index is 4.14. The van der Waals surface area contributed by atoms with Crippen molar-refractivity contribution in [3.05, 3.63) is 237 Å². The van der Waals surface area contributed by atoms with Gasteiger partial charge in [-0.2, -0.15) is 0 Å². The first-order valence-electron chi connectivity index (χ1n) is 18.5. The summed E-state index contributed by atoms with van der Waals surface area (Å²) in [6, 6.07) is 61.0. The van der Waals surface area contributed by atoms with Crippen LogP contribution in [-0.4, -0.2) is 0 Å². The number of anilines is 5. The van der Waals surface area contributed by atoms with E-state index in [0.717, 1.165) is 51.7 Å². The van der Waals surface area contributed by atoms with E-state index in [4.69, 9.17) is 0 Å². The average Bonchev–Trinajstić information content (AvgIpc) is 3.25. The van der Waals surface area contributed by atoms with Crippen molar-refractivity contribution < 1.29 is 0 Å². The molecule has 1 unspecified atom stereocenters. The summed E-state index contributed by atoms with van der Waals surface area (Å²) in [5, 5.41) is 2.36. The van der Waals surface area contributed by atoms with Crippen molar-refractivity contribution in [1.82, 2.24) is 0 Å². The molecule has 1 aliphatic carbocycles. The average molecular weight is 695 g/mol. The van der Waals surface area contributed by atoms with Gasteiger partial charge < -0.3 is 9.80 Å². The molecule has 0 spiro atoms. The van der Waals surface area contributed by atoms with E-state index in [1.807, 2.05) is 18.2 Å². The molecule has 1 aliphatic rings. The second-order valence-corrected chi connectivity index (χ2v) is 13.5. The lowest BCUT2D eigenvalue weighted by Crippen LogP contribution is -2.15. The minimum atomic E-state index is 0.411. The standard InChI is InChI=1S/C52H42N2/c1-3-14-46(4-2)54(52-22-13-20-45-19-11-12-21-51(45)52)50-37-29-44(30-38-50)43-27-35-49(36-28-43)53(47-31-23-41(24-32-47)39-15-7-5-8-16-39)48-33-25-42(26-34-48)40-17-9-6-10-18-40/h3-17,19-38,40H,1-2,18H2/b46-14+. The molecule has 260 valence electrons. The van der Waals surface area contributed by atoms with E-state index in [2.05, 4.69) is 217 Å². The Morgan fingerprint density at radius 1 is 0.519 bits per heavy atom. The van der Waals surface area contributed by atoms with Crippen LogP contribution >= 0.6 is 0 Å². The van der Waals surface area contributed by atoms with Crippen LogP contribution in [-0.2, 0) is 0 Å². The van der Waals surface area contributed by atoms with Gasteiger partial charge in [-0.1, -0.05) is 159 Å². The fraction of sp³-hybridized carbons (Fsp3) is 0.0385. The van der Waals surface area contributed by atoms with Crippen molar-refractivity contribution in [3.63, 3.8) is 0 Å². The van der Waals surface area contributed by atoms with E-state index in [1.54, 1.807) is 0 Å². The minimum absolute atomic E-state index is 0.411. The SMILES string of the molecule is C=C/C=C(\C=C)N(c1ccc(-c2ccc(N(c3ccc(-c4ccccc4)cc3)c3ccc(C4C=CC=CC4)cc3)cc2)cc1)c1cccc2ccccc12. The molecule has 54 heavy (non-hydrogen) atoms. The summed E-state index contributed by atoms with van der Waals surface area (Å²) in [6.45, 7) is 8.11. The van der Waals surface area contributed by atoms with E-state index < -0.39 is 0 Å². The van der Waals surface area contributed by atoms with Gasteiger partial charge in [-0.15, -0.1) is 0 Å². The summed E-state index contributed by atoms with van der Waals surface area (Å²) in [5.74, 6) is 0.411. The van der Waals surface area contributed by atoms with Gasteiger partial charge >= 0.3 is 0 Å². The Bertz CT molecular complexity index is 2460. The van der Waals surface area contributed by atoms with Gasteiger partial charge in [-0.3, -0.25) is 0 Å². The maximum Gasteiger partial charge on any atom is 0.0540 e. The number of allylic oxidation sites excluding steroid dienone is 7. The van der Waals surface area contributed by atoms with Gasteiger partial charge in [0.1, 0.15) is 0 Å². The van der Waals surface area contributed by atoms with Crippen molar-refractivity contribution >= 4 is 39.2 Å². The highest BCUT2D eigenvalue weighted by Gasteiger charge is 2.17. The van der Waals surface area contributed by atoms with Crippen LogP contribution in [0.3, 0.4) is 0 Å². The van der Waals surface area contributed by atoms with E-state index in [1.165, 1.54) is 27.5 Å². The smallest absolute Gasteiger partial charge is 0.0540 e. The Morgan fingerprint density at radius 3 is 1.63 bits per heavy atom. The van der Waals surface area contributed by atoms with Crippen molar-refractivity contribution in [2.45, 2.75) is 12.3 Å². The second kappa shape index (κ2) is 15.8. The molecule has 0 aliphatic heterocycles. The first-order valence-corrected chi connectivity index (χ1v) is 18.5. The molecule has 7 aromatic carbocycles. The predicted octanol–water partition coefficient (Wildman–Crippen LogP) is 14.6. The van der Waals surface area contributed by atoms with E-state index in [9.17, 15) is 0 Å². The Morgan fingerprint density at radius 2 is 1.06 bits per heavy atom. The third-order valence-electron chi connectivity index (χ3n) is 10.1. The summed E-state index contributed by atoms with van der Waals surface area (Å²) in [6.07, 6.45) is 15.5. The third-order valence-corrected chi connectivity index (χ3v) is 10.1. The van der Waals surface area contributed by atoms with Crippen LogP contribution in [0, 0.1) is 0 Å². The molecule has 7 aromatic rings. The van der Waals surface area contributed by atoms with Crippen LogP contribution in [0.4, 0.5) is 28.4 Å². The number of hydrogen-bond acceptors (Lipinski definition) is 2. The molecule has 0 N–H and O–H groups in total. The van der Waals surface area contributed by atoms with Gasteiger partial charge in [-0.05, 0) is 106 Å². The van der Waals surface area contributed by atoms with Gasteiger partial charge in [-0.25, -0.2) is 0 Å². The number of hydrogen-bond donors (Lipinski definition) is 0. The zero-order valence-electron chi connectivity index (χ0n) is 30.3. The molecule has 0 amide bonds. The van der Waals surface area contributed by atoms with Crippen molar-refractivity contribution in [2.24, 2.45) is 0 Å². The first-order chi connectivity index (χ1) is 26.7. The van der Waals surface area contributed by atoms with E-state index in [0.29, 0.717) is 5.92 Å². The summed E-state index contributed by atoms with van der Waals surface area (Å²) < 4.78 is 0. The summed E-state index contributed by atoms with van der Waals surface area (Å²) in [7, 11) is 0. The topological polar surface area (TPSA) is 6.48 Å². The monoisotopic (exact) mass is 694 g/mol. The molecular formula is C52H42N2. The zero-order chi connectivity index (χ0) is 36.7. The second-order valence-electron chi connectivity index (χ2n) is 13.5. The number of nitrogens with zero attached hydrogens (tertiary/aromatic N) is 2. The Kier molecular flexibility index (Phi) is 9.99. The van der Waals surface area contributed by atoms with E-state index in [-0.39, 0.29) is 0 Å². The van der Waals surface area contributed by atoms with Gasteiger partial charge in [0.2, 0.25) is 0 Å². The molecular weight excluding hydrogens is 653 g/mol. The summed E-state index contributed by atoms with van der Waals surface area (Å²) in [5.41, 5.74) is 12.5. The molecule has 8 rings (SSSR count). The molecule has 2 heteroatoms. The molecule has 2 nitrogen and oxygen atoms in total. The van der Waals surface area contributed by atoms with Crippen LogP contribution in [0.15, 0.2) is 231 Å². The first kappa shape index (κ1) is 34.2. The molecule has 0 fully saturated rings. The van der Waals surface area contributed by atoms with E-state index >= 15 is 0 Å². The molecule has 0 radical (unpaired) electrons.